The molecule has 0 saturated carbocycles. The number of carbonyl (C=O) groups is 2. The van der Waals surface area contributed by atoms with Gasteiger partial charge in [0.2, 0.25) is 5.91 Å². The van der Waals surface area contributed by atoms with Crippen LogP contribution in [-0.2, 0) is 4.79 Å². The number of hydrogen-bond donors (Lipinski definition) is 2. The highest BCUT2D eigenvalue weighted by Crippen LogP contribution is 2.21. The number of anilines is 1. The van der Waals surface area contributed by atoms with Gasteiger partial charge in [0.25, 0.3) is 0 Å². The highest BCUT2D eigenvalue weighted by Gasteiger charge is 2.28. The predicted octanol–water partition coefficient (Wildman–Crippen LogP) is 1.43. The lowest BCUT2D eigenvalue weighted by atomic mass is 10.1. The number of nitrogens with two attached hydrogens (primary N) is 1. The lowest BCUT2D eigenvalue weighted by Crippen LogP contribution is -2.55. The van der Waals surface area contributed by atoms with Gasteiger partial charge in [0.05, 0.1) is 0 Å². The molecule has 24 heavy (non-hydrogen) atoms. The number of thioether (sulfide) groups is 1. The van der Waals surface area contributed by atoms with E-state index in [9.17, 15) is 9.59 Å². The first-order valence-electron chi connectivity index (χ1n) is 8.17. The van der Waals surface area contributed by atoms with Crippen LogP contribution in [0.5, 0.6) is 0 Å². The Morgan fingerprint density at radius 2 is 1.92 bits per heavy atom. The zero-order valence-electron chi connectivity index (χ0n) is 14.3. The first-order valence-corrected chi connectivity index (χ1v) is 9.56. The van der Waals surface area contributed by atoms with Crippen LogP contribution in [0.2, 0.25) is 0 Å². The molecule has 7 heteroatoms. The molecule has 0 radical (unpaired) electrons. The molecule has 0 aliphatic carbocycles. The number of nitrogens with one attached hydrogen (secondary N) is 1. The summed E-state index contributed by atoms with van der Waals surface area (Å²) >= 11 is 1.65. The number of carbonyl (C=O) groups excluding carboxylic acids is 2. The third kappa shape index (κ3) is 4.80. The quantitative estimate of drug-likeness (QED) is 0.814. The number of piperazine rings is 1. The number of urea groups is 1. The van der Waals surface area contributed by atoms with Crippen molar-refractivity contribution in [2.24, 2.45) is 5.73 Å². The Balaban J connectivity index is 1.95. The summed E-state index contributed by atoms with van der Waals surface area (Å²) in [4.78, 5) is 28.0. The fourth-order valence-electron chi connectivity index (χ4n) is 2.97. The molecule has 1 fully saturated rings. The maximum absolute atomic E-state index is 12.7. The van der Waals surface area contributed by atoms with Crippen molar-refractivity contribution >= 4 is 29.4 Å². The molecule has 0 bridgehead atoms. The Morgan fingerprint density at radius 1 is 1.25 bits per heavy atom. The summed E-state index contributed by atoms with van der Waals surface area (Å²) < 4.78 is 0. The second kappa shape index (κ2) is 8.82. The molecular weight excluding hydrogens is 324 g/mol. The third-order valence-corrected chi connectivity index (χ3v) is 4.92. The molecule has 1 saturated heterocycles. The normalized spacial score (nSPS) is 15.9. The summed E-state index contributed by atoms with van der Waals surface area (Å²) in [5, 5.41) is 2.58. The van der Waals surface area contributed by atoms with Crippen molar-refractivity contribution in [3.63, 3.8) is 0 Å². The molecule has 1 heterocycles. The summed E-state index contributed by atoms with van der Waals surface area (Å²) in [5.74, 6) is 0.770. The van der Waals surface area contributed by atoms with Gasteiger partial charge in [-0.3, -0.25) is 4.79 Å². The molecule has 0 spiro atoms. The predicted molar refractivity (Wildman–Crippen MR) is 99.5 cm³/mol. The minimum atomic E-state index is -0.645. The monoisotopic (exact) mass is 350 g/mol. The number of amides is 3. The van der Waals surface area contributed by atoms with E-state index in [2.05, 4.69) is 29.3 Å². The zero-order valence-corrected chi connectivity index (χ0v) is 15.1. The molecule has 0 unspecified atom stereocenters. The van der Waals surface area contributed by atoms with Crippen LogP contribution in [0.4, 0.5) is 10.5 Å². The molecule has 3 amide bonds. The first-order chi connectivity index (χ1) is 11.5. The molecule has 1 aromatic rings. The van der Waals surface area contributed by atoms with Gasteiger partial charge in [-0.05, 0) is 37.0 Å². The van der Waals surface area contributed by atoms with E-state index in [1.165, 1.54) is 11.3 Å². The van der Waals surface area contributed by atoms with E-state index < -0.39 is 12.1 Å². The van der Waals surface area contributed by atoms with Crippen molar-refractivity contribution < 1.29 is 9.59 Å². The van der Waals surface area contributed by atoms with Gasteiger partial charge < -0.3 is 20.9 Å². The van der Waals surface area contributed by atoms with Crippen molar-refractivity contribution in [1.29, 1.82) is 0 Å². The van der Waals surface area contributed by atoms with Gasteiger partial charge in [-0.15, -0.1) is 0 Å². The largest absolute Gasteiger partial charge is 0.368 e. The van der Waals surface area contributed by atoms with Gasteiger partial charge in [-0.25, -0.2) is 4.79 Å². The summed E-state index contributed by atoms with van der Waals surface area (Å²) in [7, 11) is 0. The number of para-hydroxylation sites is 1. The van der Waals surface area contributed by atoms with Crippen molar-refractivity contribution in [3.05, 3.63) is 29.8 Å². The van der Waals surface area contributed by atoms with Crippen LogP contribution in [0.25, 0.3) is 0 Å². The molecule has 1 aromatic carbocycles. The standard InChI is InChI=1S/C17H26N4O2S/c1-13-5-3-4-6-15(13)20-8-10-21(11-9-20)16(22)14(7-12-24-2)19-17(18)23/h3-6,14H,7-12H2,1-2H3,(H3,18,19,23)/t14-/m1/s1. The second-order valence-corrected chi connectivity index (χ2v) is 6.93. The Kier molecular flexibility index (Phi) is 6.78. The van der Waals surface area contributed by atoms with Crippen molar-refractivity contribution in [1.82, 2.24) is 10.2 Å². The number of primary amides is 1. The van der Waals surface area contributed by atoms with Gasteiger partial charge in [0.1, 0.15) is 6.04 Å². The lowest BCUT2D eigenvalue weighted by molar-refractivity contribution is -0.133. The fourth-order valence-corrected chi connectivity index (χ4v) is 3.44. The van der Waals surface area contributed by atoms with E-state index in [-0.39, 0.29) is 5.91 Å². The molecule has 6 nitrogen and oxygen atoms in total. The van der Waals surface area contributed by atoms with E-state index in [0.29, 0.717) is 19.5 Å². The van der Waals surface area contributed by atoms with Gasteiger partial charge in [0, 0.05) is 31.9 Å². The lowest BCUT2D eigenvalue weighted by Gasteiger charge is -2.38. The average Bonchev–Trinajstić information content (AvgIpc) is 2.58. The van der Waals surface area contributed by atoms with Gasteiger partial charge in [-0.2, -0.15) is 11.8 Å². The third-order valence-electron chi connectivity index (χ3n) is 4.27. The molecule has 3 N–H and O–H groups in total. The van der Waals surface area contributed by atoms with Crippen LogP contribution in [-0.4, -0.2) is 61.1 Å². The molecule has 0 aromatic heterocycles. The van der Waals surface area contributed by atoms with Crippen LogP contribution in [0.1, 0.15) is 12.0 Å². The van der Waals surface area contributed by atoms with Gasteiger partial charge >= 0.3 is 6.03 Å². The summed E-state index contributed by atoms with van der Waals surface area (Å²) in [6.07, 6.45) is 2.58. The molecular formula is C17H26N4O2S. The maximum Gasteiger partial charge on any atom is 0.312 e. The van der Waals surface area contributed by atoms with Crippen LogP contribution >= 0.6 is 11.8 Å². The average molecular weight is 350 g/mol. The van der Waals surface area contributed by atoms with Crippen molar-refractivity contribution in [2.45, 2.75) is 19.4 Å². The summed E-state index contributed by atoms with van der Waals surface area (Å²) in [6.45, 7) is 5.00. The SMILES string of the molecule is CSCC[C@@H](NC(N)=O)C(=O)N1CCN(c2ccccc2C)CC1. The smallest absolute Gasteiger partial charge is 0.312 e. The van der Waals surface area contributed by atoms with Crippen molar-refractivity contribution in [2.75, 3.05) is 43.1 Å². The number of nitrogens with zero attached hydrogens (tertiary/aromatic N) is 2. The highest BCUT2D eigenvalue weighted by atomic mass is 32.2. The van der Waals surface area contributed by atoms with Crippen LogP contribution in [0, 0.1) is 6.92 Å². The Hall–Kier alpha value is -1.89. The van der Waals surface area contributed by atoms with Gasteiger partial charge in [-0.1, -0.05) is 18.2 Å². The Bertz CT molecular complexity index is 573. The Morgan fingerprint density at radius 3 is 2.50 bits per heavy atom. The summed E-state index contributed by atoms with van der Waals surface area (Å²) in [6, 6.07) is 7.11. The number of hydrogen-bond acceptors (Lipinski definition) is 4. The molecule has 1 atom stereocenters. The molecule has 1 aliphatic heterocycles. The molecule has 1 aliphatic rings. The van der Waals surface area contributed by atoms with Gasteiger partial charge in [0.15, 0.2) is 0 Å². The van der Waals surface area contributed by atoms with Crippen LogP contribution < -0.4 is 16.0 Å². The minimum Gasteiger partial charge on any atom is -0.368 e. The Labute approximate surface area is 147 Å². The maximum atomic E-state index is 12.7. The van der Waals surface area contributed by atoms with Crippen LogP contribution in [0.3, 0.4) is 0 Å². The van der Waals surface area contributed by atoms with E-state index in [1.54, 1.807) is 11.8 Å². The topological polar surface area (TPSA) is 78.7 Å². The van der Waals surface area contributed by atoms with E-state index >= 15 is 0 Å². The van der Waals surface area contributed by atoms with E-state index in [1.807, 2.05) is 23.3 Å². The number of benzene rings is 1. The summed E-state index contributed by atoms with van der Waals surface area (Å²) in [5.41, 5.74) is 7.67. The van der Waals surface area contributed by atoms with Crippen molar-refractivity contribution in [3.8, 4) is 0 Å². The second-order valence-electron chi connectivity index (χ2n) is 5.94. The highest BCUT2D eigenvalue weighted by molar-refractivity contribution is 7.98. The molecule has 2 rings (SSSR count). The van der Waals surface area contributed by atoms with E-state index in [4.69, 9.17) is 5.73 Å². The first kappa shape index (κ1) is 18.4. The van der Waals surface area contributed by atoms with Crippen LogP contribution in [0.15, 0.2) is 24.3 Å². The fraction of sp³-hybridized carbons (Fsp3) is 0.529. The minimum absolute atomic E-state index is 0.0349. The molecule has 132 valence electrons. The van der Waals surface area contributed by atoms with E-state index in [0.717, 1.165) is 18.8 Å². The zero-order chi connectivity index (χ0) is 17.5. The number of rotatable bonds is 6. The number of aryl methyl sites for hydroxylation is 1.